The van der Waals surface area contributed by atoms with Crippen molar-refractivity contribution in [2.24, 2.45) is 0 Å². The highest BCUT2D eigenvalue weighted by Gasteiger charge is 2.19. The average molecular weight is 420 g/mol. The second-order valence-electron chi connectivity index (χ2n) is 6.03. The molecule has 0 unspecified atom stereocenters. The Hall–Kier alpha value is -3.18. The van der Waals surface area contributed by atoms with Crippen LogP contribution in [0.5, 0.6) is 0 Å². The number of nitrogens with one attached hydrogen (secondary N) is 3. The fourth-order valence-electron chi connectivity index (χ4n) is 2.39. The van der Waals surface area contributed by atoms with Crippen LogP contribution in [-0.4, -0.2) is 36.5 Å². The van der Waals surface area contributed by atoms with Crippen LogP contribution in [0, 0.1) is 18.6 Å². The lowest BCUT2D eigenvalue weighted by atomic mass is 10.3. The minimum absolute atomic E-state index is 0.0650. The summed E-state index contributed by atoms with van der Waals surface area (Å²) in [4.78, 5) is 11.6. The van der Waals surface area contributed by atoms with E-state index in [1.807, 2.05) is 19.1 Å². The molecule has 0 atom stereocenters. The molecule has 0 fully saturated rings. The van der Waals surface area contributed by atoms with Crippen LogP contribution < -0.4 is 15.4 Å². The summed E-state index contributed by atoms with van der Waals surface area (Å²) in [6.45, 7) is 2.04. The zero-order valence-electron chi connectivity index (χ0n) is 15.4. The molecule has 0 saturated heterocycles. The number of aryl methyl sites for hydroxylation is 1. The second-order valence-corrected chi connectivity index (χ2v) is 7.77. The number of benzene rings is 1. The Balaban J connectivity index is 1.56. The number of nitrogens with zero attached hydrogens (tertiary/aromatic N) is 3. The van der Waals surface area contributed by atoms with Gasteiger partial charge in [-0.25, -0.2) is 36.9 Å². The molecular formula is C18H18F2N6O2S. The SMILES string of the molecule is Cc1ccnc(Nc2cc(NCCNS(=O)(=O)c3cc(F)ccc3F)ncn2)c1. The highest BCUT2D eigenvalue weighted by Crippen LogP contribution is 2.16. The molecule has 0 amide bonds. The van der Waals surface area contributed by atoms with Gasteiger partial charge in [0.1, 0.15) is 40.3 Å². The zero-order valence-corrected chi connectivity index (χ0v) is 16.2. The molecule has 0 spiro atoms. The number of aromatic nitrogens is 3. The van der Waals surface area contributed by atoms with Crippen molar-refractivity contribution < 1.29 is 17.2 Å². The van der Waals surface area contributed by atoms with Gasteiger partial charge < -0.3 is 10.6 Å². The molecule has 0 aliphatic heterocycles. The predicted molar refractivity (Wildman–Crippen MR) is 104 cm³/mol. The molecule has 3 rings (SSSR count). The van der Waals surface area contributed by atoms with E-state index in [4.69, 9.17) is 0 Å². The van der Waals surface area contributed by atoms with Crippen molar-refractivity contribution in [3.05, 3.63) is 66.1 Å². The summed E-state index contributed by atoms with van der Waals surface area (Å²) < 4.78 is 53.3. The van der Waals surface area contributed by atoms with Gasteiger partial charge in [0.05, 0.1) is 0 Å². The second kappa shape index (κ2) is 8.88. The van der Waals surface area contributed by atoms with E-state index in [9.17, 15) is 17.2 Å². The number of pyridine rings is 1. The van der Waals surface area contributed by atoms with E-state index in [0.717, 1.165) is 17.7 Å². The van der Waals surface area contributed by atoms with Crippen LogP contribution in [0.4, 0.5) is 26.2 Å². The van der Waals surface area contributed by atoms with E-state index in [2.05, 4.69) is 30.3 Å². The fourth-order valence-corrected chi connectivity index (χ4v) is 3.51. The molecule has 29 heavy (non-hydrogen) atoms. The van der Waals surface area contributed by atoms with Crippen molar-refractivity contribution in [2.45, 2.75) is 11.8 Å². The van der Waals surface area contributed by atoms with Gasteiger partial charge in [0.25, 0.3) is 0 Å². The maximum absolute atomic E-state index is 13.7. The molecule has 3 N–H and O–H groups in total. The third-order valence-electron chi connectivity index (χ3n) is 3.74. The lowest BCUT2D eigenvalue weighted by Crippen LogP contribution is -2.29. The first-order chi connectivity index (χ1) is 13.8. The number of sulfonamides is 1. The van der Waals surface area contributed by atoms with Gasteiger partial charge in [0, 0.05) is 25.4 Å². The van der Waals surface area contributed by atoms with Crippen LogP contribution in [0.2, 0.25) is 0 Å². The summed E-state index contributed by atoms with van der Waals surface area (Å²) in [5.41, 5.74) is 1.04. The molecule has 2 aromatic heterocycles. The van der Waals surface area contributed by atoms with Crippen molar-refractivity contribution in [3.63, 3.8) is 0 Å². The first-order valence-electron chi connectivity index (χ1n) is 8.54. The van der Waals surface area contributed by atoms with Crippen molar-refractivity contribution in [1.29, 1.82) is 0 Å². The quantitative estimate of drug-likeness (QED) is 0.481. The summed E-state index contributed by atoms with van der Waals surface area (Å²) in [7, 11) is -4.18. The normalized spacial score (nSPS) is 11.3. The monoisotopic (exact) mass is 420 g/mol. The summed E-state index contributed by atoms with van der Waals surface area (Å²) in [5, 5.41) is 5.97. The molecule has 152 valence electrons. The standard InChI is InChI=1S/C18H18F2N6O2S/c1-12-4-5-21-17(8-12)26-18-10-16(23-11-24-18)22-6-7-25-29(27,28)15-9-13(19)2-3-14(15)20/h2-5,8-11,25H,6-7H2,1H3,(H2,21,22,23,24,26). The highest BCUT2D eigenvalue weighted by molar-refractivity contribution is 7.89. The van der Waals surface area contributed by atoms with Gasteiger partial charge in [0.2, 0.25) is 10.0 Å². The molecule has 1 aromatic carbocycles. The smallest absolute Gasteiger partial charge is 0.243 e. The number of hydrogen-bond acceptors (Lipinski definition) is 7. The Morgan fingerprint density at radius 3 is 2.48 bits per heavy atom. The minimum atomic E-state index is -4.18. The average Bonchev–Trinajstić information content (AvgIpc) is 2.67. The number of hydrogen-bond donors (Lipinski definition) is 3. The summed E-state index contributed by atoms with van der Waals surface area (Å²) >= 11 is 0. The molecule has 11 heteroatoms. The Morgan fingerprint density at radius 2 is 1.69 bits per heavy atom. The maximum Gasteiger partial charge on any atom is 0.243 e. The van der Waals surface area contributed by atoms with Gasteiger partial charge in [-0.2, -0.15) is 0 Å². The molecule has 3 aromatic rings. The predicted octanol–water partition coefficient (Wildman–Crippen LogP) is 2.59. The van der Waals surface area contributed by atoms with E-state index in [1.54, 1.807) is 12.3 Å². The Labute approximate surface area is 166 Å². The van der Waals surface area contributed by atoms with Crippen molar-refractivity contribution in [3.8, 4) is 0 Å². The van der Waals surface area contributed by atoms with Gasteiger partial charge >= 0.3 is 0 Å². The van der Waals surface area contributed by atoms with Crippen LogP contribution in [-0.2, 0) is 10.0 Å². The van der Waals surface area contributed by atoms with Crippen molar-refractivity contribution in [1.82, 2.24) is 19.7 Å². The molecule has 0 aliphatic carbocycles. The molecule has 0 radical (unpaired) electrons. The molecule has 0 saturated carbocycles. The highest BCUT2D eigenvalue weighted by atomic mass is 32.2. The number of halogens is 2. The van der Waals surface area contributed by atoms with E-state index in [1.165, 1.54) is 6.33 Å². The topological polar surface area (TPSA) is 109 Å². The largest absolute Gasteiger partial charge is 0.369 e. The fraction of sp³-hybridized carbons (Fsp3) is 0.167. The third kappa shape index (κ3) is 5.65. The minimum Gasteiger partial charge on any atom is -0.369 e. The van der Waals surface area contributed by atoms with E-state index in [0.29, 0.717) is 23.5 Å². The van der Waals surface area contributed by atoms with E-state index in [-0.39, 0.29) is 13.1 Å². The first kappa shape index (κ1) is 20.6. The summed E-state index contributed by atoms with van der Waals surface area (Å²) in [6, 6.07) is 7.60. The van der Waals surface area contributed by atoms with Crippen LogP contribution in [0.25, 0.3) is 0 Å². The number of rotatable bonds is 8. The first-order valence-corrected chi connectivity index (χ1v) is 10.0. The Kier molecular flexibility index (Phi) is 6.29. The van der Waals surface area contributed by atoms with E-state index < -0.39 is 26.6 Å². The van der Waals surface area contributed by atoms with Gasteiger partial charge in [0.15, 0.2) is 0 Å². The molecular weight excluding hydrogens is 402 g/mol. The summed E-state index contributed by atoms with van der Waals surface area (Å²) in [5.74, 6) is -0.286. The van der Waals surface area contributed by atoms with Crippen LogP contribution in [0.15, 0.2) is 53.8 Å². The van der Waals surface area contributed by atoms with Crippen molar-refractivity contribution >= 4 is 27.5 Å². The molecule has 0 aliphatic rings. The lowest BCUT2D eigenvalue weighted by Gasteiger charge is -2.10. The lowest BCUT2D eigenvalue weighted by molar-refractivity contribution is 0.546. The van der Waals surface area contributed by atoms with Gasteiger partial charge in [-0.15, -0.1) is 0 Å². The van der Waals surface area contributed by atoms with E-state index >= 15 is 0 Å². The van der Waals surface area contributed by atoms with Gasteiger partial charge in [-0.05, 0) is 42.8 Å². The molecule has 2 heterocycles. The van der Waals surface area contributed by atoms with Gasteiger partial charge in [-0.3, -0.25) is 0 Å². The van der Waals surface area contributed by atoms with Crippen LogP contribution in [0.3, 0.4) is 0 Å². The Bertz CT molecular complexity index is 1110. The Morgan fingerprint density at radius 1 is 0.931 bits per heavy atom. The van der Waals surface area contributed by atoms with Crippen LogP contribution >= 0.6 is 0 Å². The van der Waals surface area contributed by atoms with Crippen LogP contribution in [0.1, 0.15) is 5.56 Å². The summed E-state index contributed by atoms with van der Waals surface area (Å²) in [6.07, 6.45) is 3.01. The molecule has 0 bridgehead atoms. The maximum atomic E-state index is 13.7. The third-order valence-corrected chi connectivity index (χ3v) is 5.22. The molecule has 8 nitrogen and oxygen atoms in total. The van der Waals surface area contributed by atoms with Gasteiger partial charge in [-0.1, -0.05) is 0 Å². The zero-order chi connectivity index (χ0) is 20.9. The van der Waals surface area contributed by atoms with Crippen molar-refractivity contribution in [2.75, 3.05) is 23.7 Å². The number of anilines is 3.